The van der Waals surface area contributed by atoms with Crippen LogP contribution < -0.4 is 0 Å². The maximum atomic E-state index is 11.5. The van der Waals surface area contributed by atoms with Crippen LogP contribution in [0.2, 0.25) is 0 Å². The van der Waals surface area contributed by atoms with Gasteiger partial charge in [-0.1, -0.05) is 13.8 Å². The molecule has 1 saturated carbocycles. The molecule has 0 aromatic carbocycles. The van der Waals surface area contributed by atoms with Crippen LogP contribution in [0.5, 0.6) is 0 Å². The molecular weight excluding hydrogens is 216 g/mol. The van der Waals surface area contributed by atoms with Gasteiger partial charge < -0.3 is 9.84 Å². The summed E-state index contributed by atoms with van der Waals surface area (Å²) in [6.45, 7) is 7.67. The molecule has 0 heterocycles. The van der Waals surface area contributed by atoms with E-state index in [4.69, 9.17) is 4.74 Å². The van der Waals surface area contributed by atoms with Crippen molar-refractivity contribution in [2.24, 2.45) is 17.3 Å². The lowest BCUT2D eigenvalue weighted by Gasteiger charge is -2.38. The Hall–Kier alpha value is -0.570. The Kier molecular flexibility index (Phi) is 5.44. The van der Waals surface area contributed by atoms with Crippen molar-refractivity contribution in [3.8, 4) is 0 Å². The molecule has 0 aliphatic heterocycles. The minimum Gasteiger partial charge on any atom is -0.481 e. The predicted octanol–water partition coefficient (Wildman–Crippen LogP) is 3.33. The fraction of sp³-hybridized carbons (Fsp3) is 0.929. The molecule has 1 aliphatic rings. The Labute approximate surface area is 105 Å². The first-order valence-electron chi connectivity index (χ1n) is 6.83. The molecule has 0 spiro atoms. The Morgan fingerprint density at radius 3 is 2.41 bits per heavy atom. The van der Waals surface area contributed by atoms with E-state index in [0.717, 1.165) is 25.7 Å². The Bertz CT molecular complexity index is 240. The van der Waals surface area contributed by atoms with E-state index in [2.05, 4.69) is 13.8 Å². The molecule has 0 amide bonds. The molecule has 100 valence electrons. The van der Waals surface area contributed by atoms with Crippen molar-refractivity contribution >= 4 is 5.97 Å². The van der Waals surface area contributed by atoms with Gasteiger partial charge in [-0.3, -0.25) is 4.79 Å². The third kappa shape index (κ3) is 3.70. The summed E-state index contributed by atoms with van der Waals surface area (Å²) in [5.41, 5.74) is -0.513. The van der Waals surface area contributed by atoms with E-state index in [9.17, 15) is 9.90 Å². The standard InChI is InChI=1S/C14H26O3/c1-4-17-10-9-14(13(15)16)7-5-12(6-8-14)11(2)3/h11-12H,4-10H2,1-3H3,(H,15,16). The lowest BCUT2D eigenvalue weighted by Crippen LogP contribution is -2.37. The van der Waals surface area contributed by atoms with Crippen molar-refractivity contribution in [1.29, 1.82) is 0 Å². The highest BCUT2D eigenvalue weighted by atomic mass is 16.5. The molecule has 0 radical (unpaired) electrons. The molecule has 0 saturated heterocycles. The minimum atomic E-state index is -0.626. The van der Waals surface area contributed by atoms with Crippen molar-refractivity contribution in [3.63, 3.8) is 0 Å². The molecule has 0 bridgehead atoms. The fourth-order valence-electron chi connectivity index (χ4n) is 2.84. The van der Waals surface area contributed by atoms with Gasteiger partial charge in [-0.25, -0.2) is 0 Å². The van der Waals surface area contributed by atoms with Crippen LogP contribution >= 0.6 is 0 Å². The molecule has 17 heavy (non-hydrogen) atoms. The molecule has 0 atom stereocenters. The highest BCUT2D eigenvalue weighted by molar-refractivity contribution is 5.74. The van der Waals surface area contributed by atoms with E-state index in [1.807, 2.05) is 6.92 Å². The summed E-state index contributed by atoms with van der Waals surface area (Å²) in [5.74, 6) is 0.752. The van der Waals surface area contributed by atoms with Gasteiger partial charge in [0, 0.05) is 13.2 Å². The number of carboxylic acid groups (broad SMARTS) is 1. The van der Waals surface area contributed by atoms with E-state index in [1.54, 1.807) is 0 Å². The van der Waals surface area contributed by atoms with Crippen molar-refractivity contribution < 1.29 is 14.6 Å². The van der Waals surface area contributed by atoms with Gasteiger partial charge in [0.2, 0.25) is 0 Å². The molecule has 1 rings (SSSR count). The van der Waals surface area contributed by atoms with Gasteiger partial charge in [0.25, 0.3) is 0 Å². The third-order valence-corrected chi connectivity index (χ3v) is 4.31. The summed E-state index contributed by atoms with van der Waals surface area (Å²) in [6.07, 6.45) is 4.41. The van der Waals surface area contributed by atoms with Crippen LogP contribution in [0.4, 0.5) is 0 Å². The van der Waals surface area contributed by atoms with Gasteiger partial charge in [0.05, 0.1) is 5.41 Å². The Morgan fingerprint density at radius 2 is 2.00 bits per heavy atom. The summed E-state index contributed by atoms with van der Waals surface area (Å²) in [4.78, 5) is 11.5. The first-order valence-corrected chi connectivity index (χ1v) is 6.83. The summed E-state index contributed by atoms with van der Waals surface area (Å²) in [7, 11) is 0. The Balaban J connectivity index is 2.54. The molecule has 3 heteroatoms. The van der Waals surface area contributed by atoms with Gasteiger partial charge in [0.1, 0.15) is 0 Å². The zero-order chi connectivity index (χ0) is 12.9. The number of ether oxygens (including phenoxy) is 1. The molecule has 0 unspecified atom stereocenters. The number of hydrogen-bond acceptors (Lipinski definition) is 2. The smallest absolute Gasteiger partial charge is 0.309 e. The average Bonchev–Trinajstić information content (AvgIpc) is 2.29. The SMILES string of the molecule is CCOCCC1(C(=O)O)CCC(C(C)C)CC1. The molecule has 0 aromatic rings. The zero-order valence-electron chi connectivity index (χ0n) is 11.4. The lowest BCUT2D eigenvalue weighted by molar-refractivity contribution is -0.153. The number of rotatable bonds is 6. The summed E-state index contributed by atoms with van der Waals surface area (Å²) in [5, 5.41) is 9.46. The highest BCUT2D eigenvalue weighted by Gasteiger charge is 2.41. The van der Waals surface area contributed by atoms with Crippen molar-refractivity contribution in [3.05, 3.63) is 0 Å². The highest BCUT2D eigenvalue weighted by Crippen LogP contribution is 2.43. The van der Waals surface area contributed by atoms with Crippen LogP contribution in [0, 0.1) is 17.3 Å². The first-order chi connectivity index (χ1) is 8.02. The van der Waals surface area contributed by atoms with Crippen molar-refractivity contribution in [2.45, 2.75) is 52.9 Å². The maximum Gasteiger partial charge on any atom is 0.309 e. The number of carbonyl (C=O) groups is 1. The van der Waals surface area contributed by atoms with Crippen LogP contribution in [0.3, 0.4) is 0 Å². The van der Waals surface area contributed by atoms with Crippen molar-refractivity contribution in [2.75, 3.05) is 13.2 Å². The summed E-state index contributed by atoms with van der Waals surface area (Å²) < 4.78 is 5.32. The topological polar surface area (TPSA) is 46.5 Å². The first kappa shape index (κ1) is 14.5. The maximum absolute atomic E-state index is 11.5. The third-order valence-electron chi connectivity index (χ3n) is 4.31. The molecular formula is C14H26O3. The molecule has 3 nitrogen and oxygen atoms in total. The quantitative estimate of drug-likeness (QED) is 0.727. The number of aliphatic carboxylic acids is 1. The van der Waals surface area contributed by atoms with Crippen LogP contribution in [-0.4, -0.2) is 24.3 Å². The largest absolute Gasteiger partial charge is 0.481 e. The van der Waals surface area contributed by atoms with Crippen LogP contribution in [-0.2, 0) is 9.53 Å². The van der Waals surface area contributed by atoms with Gasteiger partial charge in [-0.2, -0.15) is 0 Å². The van der Waals surface area contributed by atoms with E-state index < -0.39 is 11.4 Å². The van der Waals surface area contributed by atoms with Crippen LogP contribution in [0.15, 0.2) is 0 Å². The second-order valence-electron chi connectivity index (χ2n) is 5.61. The van der Waals surface area contributed by atoms with Crippen LogP contribution in [0.25, 0.3) is 0 Å². The monoisotopic (exact) mass is 242 g/mol. The number of hydrogen-bond donors (Lipinski definition) is 1. The van der Waals surface area contributed by atoms with Gasteiger partial charge >= 0.3 is 5.97 Å². The lowest BCUT2D eigenvalue weighted by atomic mass is 9.66. The molecule has 0 aromatic heterocycles. The van der Waals surface area contributed by atoms with Gasteiger partial charge in [-0.15, -0.1) is 0 Å². The molecule has 1 N–H and O–H groups in total. The van der Waals surface area contributed by atoms with Gasteiger partial charge in [0.15, 0.2) is 0 Å². The zero-order valence-corrected chi connectivity index (χ0v) is 11.4. The second kappa shape index (κ2) is 6.39. The number of carboxylic acids is 1. The summed E-state index contributed by atoms with van der Waals surface area (Å²) in [6, 6.07) is 0. The average molecular weight is 242 g/mol. The van der Waals surface area contributed by atoms with Crippen LogP contribution in [0.1, 0.15) is 52.9 Å². The Morgan fingerprint density at radius 1 is 1.41 bits per heavy atom. The van der Waals surface area contributed by atoms with Crippen molar-refractivity contribution in [1.82, 2.24) is 0 Å². The van der Waals surface area contributed by atoms with E-state index in [-0.39, 0.29) is 0 Å². The summed E-state index contributed by atoms with van der Waals surface area (Å²) >= 11 is 0. The van der Waals surface area contributed by atoms with E-state index in [0.29, 0.717) is 31.5 Å². The minimum absolute atomic E-state index is 0.513. The normalized spacial score (nSPS) is 29.5. The molecule has 1 fully saturated rings. The second-order valence-corrected chi connectivity index (χ2v) is 5.61. The van der Waals surface area contributed by atoms with E-state index >= 15 is 0 Å². The van der Waals surface area contributed by atoms with E-state index in [1.165, 1.54) is 0 Å². The fourth-order valence-corrected chi connectivity index (χ4v) is 2.84. The van der Waals surface area contributed by atoms with Gasteiger partial charge in [-0.05, 0) is 50.9 Å². The predicted molar refractivity (Wildman–Crippen MR) is 68.0 cm³/mol. The molecule has 1 aliphatic carbocycles.